The van der Waals surface area contributed by atoms with Crippen molar-refractivity contribution in [2.45, 2.75) is 38.9 Å². The zero-order valence-electron chi connectivity index (χ0n) is 11.1. The Hall–Kier alpha value is -1.89. The van der Waals surface area contributed by atoms with Crippen molar-refractivity contribution >= 4 is 11.8 Å². The topological polar surface area (TPSA) is 104 Å². The van der Waals surface area contributed by atoms with Gasteiger partial charge in [0, 0.05) is 19.0 Å². The van der Waals surface area contributed by atoms with Crippen LogP contribution < -0.4 is 11.1 Å². The van der Waals surface area contributed by atoms with Crippen molar-refractivity contribution in [2.75, 3.05) is 6.54 Å². The zero-order valence-corrected chi connectivity index (χ0v) is 11.1. The van der Waals surface area contributed by atoms with Crippen molar-refractivity contribution in [1.29, 1.82) is 0 Å². The van der Waals surface area contributed by atoms with E-state index in [1.54, 1.807) is 6.33 Å². The molecule has 1 atom stereocenters. The predicted molar refractivity (Wildman–Crippen MR) is 69.0 cm³/mol. The van der Waals surface area contributed by atoms with Crippen molar-refractivity contribution in [3.8, 4) is 0 Å². The lowest BCUT2D eigenvalue weighted by atomic mass is 10.0. The van der Waals surface area contributed by atoms with Crippen molar-refractivity contribution in [3.63, 3.8) is 0 Å². The quantitative estimate of drug-likeness (QED) is 0.659. The number of nitrogens with one attached hydrogen (secondary N) is 2. The van der Waals surface area contributed by atoms with Crippen molar-refractivity contribution < 1.29 is 9.59 Å². The van der Waals surface area contributed by atoms with Crippen LogP contribution in [-0.4, -0.2) is 45.3 Å². The van der Waals surface area contributed by atoms with E-state index in [4.69, 9.17) is 5.73 Å². The molecule has 0 bridgehead atoms. The molecule has 1 aliphatic heterocycles. The highest BCUT2D eigenvalue weighted by molar-refractivity contribution is 5.87. The maximum Gasteiger partial charge on any atom is 0.240 e. The highest BCUT2D eigenvalue weighted by Crippen LogP contribution is 2.14. The molecule has 0 radical (unpaired) electrons. The Labute approximate surface area is 111 Å². The van der Waals surface area contributed by atoms with Gasteiger partial charge in [-0.2, -0.15) is 0 Å². The van der Waals surface area contributed by atoms with Gasteiger partial charge < -0.3 is 15.6 Å². The average Bonchev–Trinajstić information content (AvgIpc) is 2.81. The van der Waals surface area contributed by atoms with Crippen LogP contribution in [0.25, 0.3) is 0 Å². The van der Waals surface area contributed by atoms with Crippen LogP contribution in [0.2, 0.25) is 0 Å². The number of nitrogens with two attached hydrogens (primary N) is 1. The monoisotopic (exact) mass is 265 g/mol. The van der Waals surface area contributed by atoms with E-state index in [9.17, 15) is 9.59 Å². The van der Waals surface area contributed by atoms with Crippen LogP contribution in [0.15, 0.2) is 6.33 Å². The van der Waals surface area contributed by atoms with Gasteiger partial charge in [-0.25, -0.2) is 4.98 Å². The Balaban J connectivity index is 2.08. The fourth-order valence-corrected chi connectivity index (χ4v) is 2.23. The Kier molecular flexibility index (Phi) is 3.84. The summed E-state index contributed by atoms with van der Waals surface area (Å²) in [5, 5.41) is 3.16. The molecular formula is C12H19N5O2. The minimum atomic E-state index is -0.502. The standard InChI is InChI=1S/C12H19N5O2/c1-7(2)17(5-11(13)18)12(19)9-3-8-10(4-14-9)16-6-15-8/h6-7,9,14H,3-5H2,1-2H3,(H2,13,18)(H,15,16). The molecule has 0 saturated heterocycles. The maximum atomic E-state index is 12.4. The first kappa shape index (κ1) is 13.5. The van der Waals surface area contributed by atoms with E-state index >= 15 is 0 Å². The number of carbonyl (C=O) groups excluding carboxylic acids is 2. The fraction of sp³-hybridized carbons (Fsp3) is 0.583. The molecule has 0 spiro atoms. The third-order valence-electron chi connectivity index (χ3n) is 3.26. The lowest BCUT2D eigenvalue weighted by molar-refractivity contribution is -0.139. The first-order chi connectivity index (χ1) is 8.99. The number of rotatable bonds is 4. The van der Waals surface area contributed by atoms with E-state index in [1.165, 1.54) is 4.90 Å². The van der Waals surface area contributed by atoms with Crippen LogP contribution in [0.4, 0.5) is 0 Å². The molecule has 1 aromatic heterocycles. The molecule has 2 rings (SSSR count). The summed E-state index contributed by atoms with van der Waals surface area (Å²) in [7, 11) is 0. The number of imidazole rings is 1. The Morgan fingerprint density at radius 3 is 2.95 bits per heavy atom. The first-order valence-corrected chi connectivity index (χ1v) is 6.32. The molecule has 19 heavy (non-hydrogen) atoms. The number of amides is 2. The number of H-pyrrole nitrogens is 1. The third-order valence-corrected chi connectivity index (χ3v) is 3.26. The number of aromatic amines is 1. The number of nitrogens with zero attached hydrogens (tertiary/aromatic N) is 2. The predicted octanol–water partition coefficient (Wildman–Crippen LogP) is -0.854. The van der Waals surface area contributed by atoms with Gasteiger partial charge >= 0.3 is 0 Å². The Bertz CT molecular complexity index is 482. The summed E-state index contributed by atoms with van der Waals surface area (Å²) in [6, 6.07) is -0.417. The largest absolute Gasteiger partial charge is 0.368 e. The number of primary amides is 1. The van der Waals surface area contributed by atoms with Gasteiger partial charge in [-0.05, 0) is 13.8 Å². The summed E-state index contributed by atoms with van der Waals surface area (Å²) in [5.74, 6) is -0.610. The average molecular weight is 265 g/mol. The summed E-state index contributed by atoms with van der Waals surface area (Å²) in [6.07, 6.45) is 2.16. The molecule has 104 valence electrons. The molecule has 0 saturated carbocycles. The normalized spacial score (nSPS) is 18.2. The van der Waals surface area contributed by atoms with Crippen molar-refractivity contribution in [1.82, 2.24) is 20.2 Å². The summed E-state index contributed by atoms with van der Waals surface area (Å²) in [4.78, 5) is 32.2. The second-order valence-corrected chi connectivity index (χ2v) is 4.99. The van der Waals surface area contributed by atoms with E-state index in [-0.39, 0.29) is 24.5 Å². The molecule has 4 N–H and O–H groups in total. The van der Waals surface area contributed by atoms with Crippen LogP contribution in [-0.2, 0) is 22.6 Å². The molecule has 7 heteroatoms. The molecule has 1 aliphatic rings. The molecule has 7 nitrogen and oxygen atoms in total. The molecule has 2 amide bonds. The Morgan fingerprint density at radius 1 is 1.58 bits per heavy atom. The van der Waals surface area contributed by atoms with E-state index in [1.807, 2.05) is 13.8 Å². The van der Waals surface area contributed by atoms with Crippen LogP contribution in [0.5, 0.6) is 0 Å². The SMILES string of the molecule is CC(C)N(CC(N)=O)C(=O)C1Cc2nc[nH]c2CN1. The van der Waals surface area contributed by atoms with Gasteiger partial charge in [0.2, 0.25) is 11.8 Å². The molecule has 2 heterocycles. The number of fused-ring (bicyclic) bond motifs is 1. The zero-order chi connectivity index (χ0) is 14.0. The van der Waals surface area contributed by atoms with Crippen LogP contribution >= 0.6 is 0 Å². The minimum Gasteiger partial charge on any atom is -0.368 e. The highest BCUT2D eigenvalue weighted by atomic mass is 16.2. The minimum absolute atomic E-state index is 0.0535. The molecule has 1 aromatic rings. The van der Waals surface area contributed by atoms with Gasteiger partial charge in [-0.1, -0.05) is 0 Å². The van der Waals surface area contributed by atoms with Gasteiger partial charge in [0.1, 0.15) is 0 Å². The van der Waals surface area contributed by atoms with Crippen LogP contribution in [0, 0.1) is 0 Å². The summed E-state index contributed by atoms with van der Waals surface area (Å²) >= 11 is 0. The van der Waals surface area contributed by atoms with Gasteiger partial charge in [0.05, 0.1) is 30.3 Å². The van der Waals surface area contributed by atoms with Gasteiger partial charge in [0.25, 0.3) is 0 Å². The maximum absolute atomic E-state index is 12.4. The summed E-state index contributed by atoms with van der Waals surface area (Å²) in [6.45, 7) is 4.25. The van der Waals surface area contributed by atoms with E-state index < -0.39 is 5.91 Å². The molecule has 0 aromatic carbocycles. The molecule has 0 fully saturated rings. The van der Waals surface area contributed by atoms with E-state index in [2.05, 4.69) is 15.3 Å². The second kappa shape index (κ2) is 5.40. The first-order valence-electron chi connectivity index (χ1n) is 6.32. The highest BCUT2D eigenvalue weighted by Gasteiger charge is 2.30. The lowest BCUT2D eigenvalue weighted by Crippen LogP contribution is -2.53. The third kappa shape index (κ3) is 2.93. The number of hydrogen-bond acceptors (Lipinski definition) is 4. The number of hydrogen-bond donors (Lipinski definition) is 3. The van der Waals surface area contributed by atoms with Gasteiger partial charge in [0.15, 0.2) is 0 Å². The summed E-state index contributed by atoms with van der Waals surface area (Å²) in [5.41, 5.74) is 7.10. The molecule has 0 aliphatic carbocycles. The molecular weight excluding hydrogens is 246 g/mol. The van der Waals surface area contributed by atoms with Gasteiger partial charge in [-0.3, -0.25) is 14.9 Å². The lowest BCUT2D eigenvalue weighted by Gasteiger charge is -2.31. The van der Waals surface area contributed by atoms with Crippen LogP contribution in [0.1, 0.15) is 25.2 Å². The second-order valence-electron chi connectivity index (χ2n) is 4.99. The van der Waals surface area contributed by atoms with E-state index in [0.29, 0.717) is 13.0 Å². The van der Waals surface area contributed by atoms with Crippen LogP contribution in [0.3, 0.4) is 0 Å². The van der Waals surface area contributed by atoms with Gasteiger partial charge in [-0.15, -0.1) is 0 Å². The van der Waals surface area contributed by atoms with Crippen molar-refractivity contribution in [3.05, 3.63) is 17.7 Å². The smallest absolute Gasteiger partial charge is 0.240 e. The Morgan fingerprint density at radius 2 is 2.32 bits per heavy atom. The number of carbonyl (C=O) groups is 2. The van der Waals surface area contributed by atoms with Crippen molar-refractivity contribution in [2.24, 2.45) is 5.73 Å². The number of aromatic nitrogens is 2. The van der Waals surface area contributed by atoms with E-state index in [0.717, 1.165) is 11.4 Å². The molecule has 1 unspecified atom stereocenters. The fourth-order valence-electron chi connectivity index (χ4n) is 2.23. The summed E-state index contributed by atoms with van der Waals surface area (Å²) < 4.78 is 0.